The highest BCUT2D eigenvalue weighted by Crippen LogP contribution is 2.60. The standard InChI is InChI=1S/C16H22N2OS/c1-18(15(19)14-8-20-10-17-14)9-16-5-11-2-12(6-16)4-13(3-11)7-16/h8,10-13H,2-7,9H2,1H3. The van der Waals surface area contributed by atoms with Crippen LogP contribution in [-0.4, -0.2) is 29.4 Å². The van der Waals surface area contributed by atoms with E-state index < -0.39 is 0 Å². The number of amides is 1. The van der Waals surface area contributed by atoms with E-state index in [0.717, 1.165) is 24.3 Å². The van der Waals surface area contributed by atoms with Crippen LogP contribution in [0.3, 0.4) is 0 Å². The van der Waals surface area contributed by atoms with E-state index in [9.17, 15) is 4.79 Å². The van der Waals surface area contributed by atoms with E-state index in [2.05, 4.69) is 4.98 Å². The minimum Gasteiger partial charge on any atom is -0.340 e. The van der Waals surface area contributed by atoms with Crippen LogP contribution in [0.25, 0.3) is 0 Å². The van der Waals surface area contributed by atoms with Crippen molar-refractivity contribution >= 4 is 17.2 Å². The summed E-state index contributed by atoms with van der Waals surface area (Å²) in [6.45, 7) is 0.937. The SMILES string of the molecule is CN(CC12CC3CC(CC(C3)C1)C2)C(=O)c1cscn1. The molecule has 108 valence electrons. The Morgan fingerprint density at radius 1 is 1.30 bits per heavy atom. The fourth-order valence-electron chi connectivity index (χ4n) is 5.57. The highest BCUT2D eigenvalue weighted by atomic mass is 32.1. The summed E-state index contributed by atoms with van der Waals surface area (Å²) in [5.74, 6) is 2.94. The molecule has 0 atom stereocenters. The molecule has 4 fully saturated rings. The van der Waals surface area contributed by atoms with Crippen molar-refractivity contribution in [3.05, 3.63) is 16.6 Å². The minimum absolute atomic E-state index is 0.0991. The van der Waals surface area contributed by atoms with Gasteiger partial charge in [-0.25, -0.2) is 4.98 Å². The minimum atomic E-state index is 0.0991. The van der Waals surface area contributed by atoms with Crippen LogP contribution in [0.15, 0.2) is 10.9 Å². The molecule has 1 aromatic heterocycles. The second-order valence-corrected chi connectivity index (χ2v) is 8.17. The molecule has 3 nitrogen and oxygen atoms in total. The van der Waals surface area contributed by atoms with Gasteiger partial charge in [-0.3, -0.25) is 4.79 Å². The second-order valence-electron chi connectivity index (χ2n) is 7.45. The van der Waals surface area contributed by atoms with Crippen molar-refractivity contribution in [2.24, 2.45) is 23.2 Å². The van der Waals surface area contributed by atoms with Crippen molar-refractivity contribution in [2.75, 3.05) is 13.6 Å². The first-order chi connectivity index (χ1) is 9.63. The number of carbonyl (C=O) groups is 1. The Kier molecular flexibility index (Phi) is 2.92. The molecule has 4 aliphatic rings. The zero-order valence-corrected chi connectivity index (χ0v) is 12.9. The molecule has 0 unspecified atom stereocenters. The average Bonchev–Trinajstić information content (AvgIpc) is 2.89. The van der Waals surface area contributed by atoms with E-state index in [0.29, 0.717) is 11.1 Å². The second kappa shape index (κ2) is 4.55. The third kappa shape index (κ3) is 2.09. The maximum atomic E-state index is 12.4. The molecular weight excluding hydrogens is 268 g/mol. The van der Waals surface area contributed by atoms with Gasteiger partial charge in [0.25, 0.3) is 5.91 Å². The monoisotopic (exact) mass is 290 g/mol. The van der Waals surface area contributed by atoms with Gasteiger partial charge in [0.05, 0.1) is 5.51 Å². The molecule has 4 heteroatoms. The van der Waals surface area contributed by atoms with Gasteiger partial charge >= 0.3 is 0 Å². The van der Waals surface area contributed by atoms with E-state index >= 15 is 0 Å². The first-order valence-electron chi connectivity index (χ1n) is 7.77. The molecule has 20 heavy (non-hydrogen) atoms. The first kappa shape index (κ1) is 12.8. The van der Waals surface area contributed by atoms with Crippen molar-refractivity contribution in [3.8, 4) is 0 Å². The first-order valence-corrected chi connectivity index (χ1v) is 8.71. The molecule has 5 rings (SSSR count). The highest BCUT2D eigenvalue weighted by Gasteiger charge is 2.51. The molecule has 0 spiro atoms. The predicted molar refractivity (Wildman–Crippen MR) is 79.7 cm³/mol. The zero-order valence-electron chi connectivity index (χ0n) is 12.0. The van der Waals surface area contributed by atoms with Gasteiger partial charge in [-0.2, -0.15) is 0 Å². The Balaban J connectivity index is 1.50. The number of hydrogen-bond acceptors (Lipinski definition) is 3. The summed E-state index contributed by atoms with van der Waals surface area (Å²) < 4.78 is 0. The summed E-state index contributed by atoms with van der Waals surface area (Å²) in [5, 5.41) is 1.86. The molecule has 4 saturated carbocycles. The molecule has 1 aromatic rings. The van der Waals surface area contributed by atoms with Gasteiger partial charge in [0.1, 0.15) is 5.69 Å². The summed E-state index contributed by atoms with van der Waals surface area (Å²) in [6.07, 6.45) is 8.45. The maximum Gasteiger partial charge on any atom is 0.273 e. The van der Waals surface area contributed by atoms with Gasteiger partial charge in [-0.1, -0.05) is 0 Å². The number of thiazole rings is 1. The molecule has 1 amide bonds. The number of aromatic nitrogens is 1. The molecule has 1 heterocycles. The Morgan fingerprint density at radius 2 is 1.90 bits per heavy atom. The number of nitrogens with zero attached hydrogens (tertiary/aromatic N) is 2. The van der Waals surface area contributed by atoms with E-state index in [1.54, 1.807) is 5.51 Å². The van der Waals surface area contributed by atoms with Crippen molar-refractivity contribution in [1.82, 2.24) is 9.88 Å². The summed E-state index contributed by atoms with van der Waals surface area (Å²) >= 11 is 1.50. The Morgan fingerprint density at radius 3 is 2.40 bits per heavy atom. The zero-order chi connectivity index (χ0) is 13.7. The quantitative estimate of drug-likeness (QED) is 0.854. The van der Waals surface area contributed by atoms with E-state index in [4.69, 9.17) is 0 Å². The van der Waals surface area contributed by atoms with Crippen molar-refractivity contribution in [1.29, 1.82) is 0 Å². The van der Waals surface area contributed by atoms with Crippen LogP contribution in [0, 0.1) is 23.2 Å². The van der Waals surface area contributed by atoms with Gasteiger partial charge in [0.15, 0.2) is 0 Å². The highest BCUT2D eigenvalue weighted by molar-refractivity contribution is 7.07. The van der Waals surface area contributed by atoms with Gasteiger partial charge < -0.3 is 4.90 Å². The largest absolute Gasteiger partial charge is 0.340 e. The molecule has 4 aliphatic carbocycles. The maximum absolute atomic E-state index is 12.4. The fourth-order valence-corrected chi connectivity index (χ4v) is 6.10. The van der Waals surface area contributed by atoms with Crippen molar-refractivity contribution < 1.29 is 4.79 Å². The smallest absolute Gasteiger partial charge is 0.273 e. The Bertz CT molecular complexity index is 475. The number of hydrogen-bond donors (Lipinski definition) is 0. The average molecular weight is 290 g/mol. The fraction of sp³-hybridized carbons (Fsp3) is 0.750. The lowest BCUT2D eigenvalue weighted by Gasteiger charge is -2.57. The normalized spacial score (nSPS) is 38.1. The van der Waals surface area contributed by atoms with E-state index in [1.807, 2.05) is 17.3 Å². The molecule has 4 bridgehead atoms. The van der Waals surface area contributed by atoms with E-state index in [1.165, 1.54) is 49.9 Å². The third-order valence-corrected chi connectivity index (χ3v) is 6.32. The Labute approximate surface area is 124 Å². The summed E-state index contributed by atoms with van der Waals surface area (Å²) in [6, 6.07) is 0. The third-order valence-electron chi connectivity index (χ3n) is 5.74. The van der Waals surface area contributed by atoms with Crippen molar-refractivity contribution in [3.63, 3.8) is 0 Å². The van der Waals surface area contributed by atoms with Crippen LogP contribution in [0.4, 0.5) is 0 Å². The number of carbonyl (C=O) groups excluding carboxylic acids is 1. The summed E-state index contributed by atoms with van der Waals surface area (Å²) in [7, 11) is 1.96. The topological polar surface area (TPSA) is 33.2 Å². The van der Waals surface area contributed by atoms with Crippen molar-refractivity contribution in [2.45, 2.75) is 38.5 Å². The molecular formula is C16H22N2OS. The van der Waals surface area contributed by atoms with Crippen LogP contribution in [0.5, 0.6) is 0 Å². The number of rotatable bonds is 3. The molecule has 0 radical (unpaired) electrons. The van der Waals surface area contributed by atoms with Gasteiger partial charge in [-0.15, -0.1) is 11.3 Å². The van der Waals surface area contributed by atoms with E-state index in [-0.39, 0.29) is 5.91 Å². The lowest BCUT2D eigenvalue weighted by molar-refractivity contribution is -0.0629. The molecule has 0 aliphatic heterocycles. The van der Waals surface area contributed by atoms with Gasteiger partial charge in [-0.05, 0) is 61.7 Å². The van der Waals surface area contributed by atoms with Gasteiger partial charge in [0, 0.05) is 19.0 Å². The lowest BCUT2D eigenvalue weighted by atomic mass is 9.49. The van der Waals surface area contributed by atoms with Crippen LogP contribution in [0.1, 0.15) is 49.0 Å². The summed E-state index contributed by atoms with van der Waals surface area (Å²) in [5.41, 5.74) is 2.78. The predicted octanol–water partition coefficient (Wildman–Crippen LogP) is 3.43. The van der Waals surface area contributed by atoms with Crippen LogP contribution < -0.4 is 0 Å². The Hall–Kier alpha value is -0.900. The van der Waals surface area contributed by atoms with Crippen LogP contribution in [0.2, 0.25) is 0 Å². The van der Waals surface area contributed by atoms with Crippen LogP contribution in [-0.2, 0) is 0 Å². The summed E-state index contributed by atoms with van der Waals surface area (Å²) in [4.78, 5) is 18.5. The van der Waals surface area contributed by atoms with Gasteiger partial charge in [0.2, 0.25) is 0 Å². The molecule has 0 aromatic carbocycles. The molecule has 0 saturated heterocycles. The van der Waals surface area contributed by atoms with Crippen LogP contribution >= 0.6 is 11.3 Å². The lowest BCUT2D eigenvalue weighted by Crippen LogP contribution is -2.51. The molecule has 0 N–H and O–H groups in total.